The number of nitrogens with zero attached hydrogens (tertiary/aromatic N) is 5. The van der Waals surface area contributed by atoms with E-state index in [2.05, 4.69) is 21.9 Å². The maximum absolute atomic E-state index is 13.7. The molecule has 1 unspecified atom stereocenters. The van der Waals surface area contributed by atoms with Crippen molar-refractivity contribution in [1.29, 1.82) is 0 Å². The third-order valence-electron chi connectivity index (χ3n) is 8.35. The summed E-state index contributed by atoms with van der Waals surface area (Å²) in [6.07, 6.45) is 4.41. The second-order valence-electron chi connectivity index (χ2n) is 10.6. The number of para-hydroxylation sites is 1. The molecule has 2 aromatic rings. The van der Waals surface area contributed by atoms with Crippen LogP contribution in [0.4, 0.5) is 17.1 Å². The van der Waals surface area contributed by atoms with Crippen LogP contribution in [0.1, 0.15) is 32.1 Å². The Morgan fingerprint density at radius 2 is 1.53 bits per heavy atom. The molecule has 0 bridgehead atoms. The lowest BCUT2D eigenvalue weighted by atomic mass is 9.96. The van der Waals surface area contributed by atoms with Gasteiger partial charge in [-0.1, -0.05) is 18.2 Å². The highest BCUT2D eigenvalue weighted by Gasteiger charge is 2.41. The Kier molecular flexibility index (Phi) is 6.77. The first kappa shape index (κ1) is 25.2. The second-order valence-corrected chi connectivity index (χ2v) is 12.5. The molecule has 0 N–H and O–H groups in total. The summed E-state index contributed by atoms with van der Waals surface area (Å²) in [5.74, 6) is -0.210. The molecule has 4 aliphatic heterocycles. The fourth-order valence-electron chi connectivity index (χ4n) is 6.23. The Hall–Kier alpha value is -3.11. The standard InChI is InChI=1S/C28H35N5O4S/c34-27(30-18-16-29(17-19-30)22-8-2-1-3-9-22)21-33-26-20-23(38(36,37)31-13-6-7-14-31)11-12-24(26)32-15-5-4-10-25(32)28(33)35/h1-3,8-9,11-12,20,25H,4-7,10,13-19,21H2. The smallest absolute Gasteiger partial charge is 0.250 e. The van der Waals surface area contributed by atoms with Crippen LogP contribution in [0, 0.1) is 0 Å². The van der Waals surface area contributed by atoms with E-state index in [1.807, 2.05) is 29.2 Å². The molecule has 2 aromatic carbocycles. The summed E-state index contributed by atoms with van der Waals surface area (Å²) in [4.78, 5) is 35.2. The molecule has 3 fully saturated rings. The summed E-state index contributed by atoms with van der Waals surface area (Å²) in [6, 6.07) is 15.0. The van der Waals surface area contributed by atoms with Gasteiger partial charge in [-0.3, -0.25) is 14.5 Å². The van der Waals surface area contributed by atoms with Crippen LogP contribution in [0.25, 0.3) is 0 Å². The summed E-state index contributed by atoms with van der Waals surface area (Å²) in [6.45, 7) is 4.35. The Morgan fingerprint density at radius 1 is 0.816 bits per heavy atom. The third kappa shape index (κ3) is 4.53. The van der Waals surface area contributed by atoms with Crippen molar-refractivity contribution in [3.05, 3.63) is 48.5 Å². The SMILES string of the molecule is O=C(CN1C(=O)C2CCCCN2c2ccc(S(=O)(=O)N3CCCC3)cc21)N1CCN(c2ccccc2)CC1. The molecule has 38 heavy (non-hydrogen) atoms. The molecular formula is C28H35N5O4S. The van der Waals surface area contributed by atoms with Crippen LogP contribution in [-0.4, -0.2) is 87.8 Å². The lowest BCUT2D eigenvalue weighted by Crippen LogP contribution is -2.58. The maximum Gasteiger partial charge on any atom is 0.250 e. The number of hydrogen-bond acceptors (Lipinski definition) is 6. The number of benzene rings is 2. The topological polar surface area (TPSA) is 84.5 Å². The van der Waals surface area contributed by atoms with E-state index >= 15 is 0 Å². The second kappa shape index (κ2) is 10.2. The number of carbonyl (C=O) groups excluding carboxylic acids is 2. The molecule has 9 nitrogen and oxygen atoms in total. The lowest BCUT2D eigenvalue weighted by Gasteiger charge is -2.45. The van der Waals surface area contributed by atoms with Crippen LogP contribution in [-0.2, 0) is 19.6 Å². The number of sulfonamides is 1. The highest BCUT2D eigenvalue weighted by molar-refractivity contribution is 7.89. The van der Waals surface area contributed by atoms with Crippen molar-refractivity contribution < 1.29 is 18.0 Å². The third-order valence-corrected chi connectivity index (χ3v) is 10.2. The van der Waals surface area contributed by atoms with Crippen LogP contribution in [0.3, 0.4) is 0 Å². The first-order valence-corrected chi connectivity index (χ1v) is 15.2. The first-order chi connectivity index (χ1) is 18.4. The van der Waals surface area contributed by atoms with Gasteiger partial charge in [-0.2, -0.15) is 4.31 Å². The van der Waals surface area contributed by atoms with Crippen molar-refractivity contribution in [3.8, 4) is 0 Å². The summed E-state index contributed by atoms with van der Waals surface area (Å²) < 4.78 is 28.2. The van der Waals surface area contributed by atoms with Crippen molar-refractivity contribution in [1.82, 2.24) is 9.21 Å². The van der Waals surface area contributed by atoms with Gasteiger partial charge in [-0.25, -0.2) is 8.42 Å². The minimum absolute atomic E-state index is 0.0747. The summed E-state index contributed by atoms with van der Waals surface area (Å²) >= 11 is 0. The van der Waals surface area contributed by atoms with Crippen LogP contribution >= 0.6 is 0 Å². The minimum atomic E-state index is -3.65. The number of piperidine rings is 1. The zero-order valence-corrected chi connectivity index (χ0v) is 22.5. The Balaban J connectivity index is 1.25. The molecule has 0 aromatic heterocycles. The fourth-order valence-corrected chi connectivity index (χ4v) is 7.76. The largest absolute Gasteiger partial charge is 0.368 e. The van der Waals surface area contributed by atoms with Gasteiger partial charge in [-0.15, -0.1) is 0 Å². The molecule has 3 saturated heterocycles. The molecule has 0 aliphatic carbocycles. The number of amides is 2. The van der Waals surface area contributed by atoms with Gasteiger partial charge in [0.05, 0.1) is 16.3 Å². The maximum atomic E-state index is 13.7. The number of piperazine rings is 1. The van der Waals surface area contributed by atoms with Gasteiger partial charge < -0.3 is 14.7 Å². The van der Waals surface area contributed by atoms with Crippen molar-refractivity contribution in [2.24, 2.45) is 0 Å². The molecule has 0 radical (unpaired) electrons. The van der Waals surface area contributed by atoms with Crippen LogP contribution < -0.4 is 14.7 Å². The van der Waals surface area contributed by atoms with Crippen molar-refractivity contribution in [2.45, 2.75) is 43.0 Å². The van der Waals surface area contributed by atoms with E-state index in [-0.39, 0.29) is 29.3 Å². The molecule has 0 saturated carbocycles. The van der Waals surface area contributed by atoms with Crippen LogP contribution in [0.5, 0.6) is 0 Å². The number of anilines is 3. The summed E-state index contributed by atoms with van der Waals surface area (Å²) in [7, 11) is -3.65. The fraction of sp³-hybridized carbons (Fsp3) is 0.500. The lowest BCUT2D eigenvalue weighted by molar-refractivity contribution is -0.132. The minimum Gasteiger partial charge on any atom is -0.368 e. The van der Waals surface area contributed by atoms with Gasteiger partial charge >= 0.3 is 0 Å². The van der Waals surface area contributed by atoms with Gasteiger partial charge in [0.2, 0.25) is 21.8 Å². The van der Waals surface area contributed by atoms with Gasteiger partial charge in [0.1, 0.15) is 12.6 Å². The quantitative estimate of drug-likeness (QED) is 0.583. The number of fused-ring (bicyclic) bond motifs is 3. The zero-order chi connectivity index (χ0) is 26.3. The Morgan fingerprint density at radius 3 is 2.26 bits per heavy atom. The van der Waals surface area contributed by atoms with E-state index in [1.54, 1.807) is 17.0 Å². The molecule has 6 rings (SSSR count). The molecule has 202 valence electrons. The number of carbonyl (C=O) groups is 2. The van der Waals surface area contributed by atoms with E-state index in [4.69, 9.17) is 0 Å². The molecular weight excluding hydrogens is 502 g/mol. The normalized spacial score (nSPS) is 22.4. The van der Waals surface area contributed by atoms with E-state index < -0.39 is 10.0 Å². The first-order valence-electron chi connectivity index (χ1n) is 13.7. The van der Waals surface area contributed by atoms with Gasteiger partial charge in [0.25, 0.3) is 0 Å². The number of hydrogen-bond donors (Lipinski definition) is 0. The number of rotatable bonds is 5. The Bertz CT molecular complexity index is 1300. The zero-order valence-electron chi connectivity index (χ0n) is 21.7. The molecule has 4 heterocycles. The van der Waals surface area contributed by atoms with Gasteiger partial charge in [0.15, 0.2) is 0 Å². The van der Waals surface area contributed by atoms with Gasteiger partial charge in [0, 0.05) is 51.5 Å². The molecule has 1 atom stereocenters. The van der Waals surface area contributed by atoms with Crippen molar-refractivity contribution >= 4 is 38.9 Å². The van der Waals surface area contributed by atoms with E-state index in [0.717, 1.165) is 63.1 Å². The predicted octanol–water partition coefficient (Wildman–Crippen LogP) is 2.53. The Labute approximate surface area is 224 Å². The monoisotopic (exact) mass is 537 g/mol. The average Bonchev–Trinajstić information content (AvgIpc) is 3.52. The molecule has 4 aliphatic rings. The highest BCUT2D eigenvalue weighted by Crippen LogP contribution is 2.41. The van der Waals surface area contributed by atoms with Crippen LogP contribution in [0.2, 0.25) is 0 Å². The summed E-state index contributed by atoms with van der Waals surface area (Å²) in [5, 5.41) is 0. The van der Waals surface area contributed by atoms with Gasteiger partial charge in [-0.05, 0) is 62.4 Å². The molecule has 10 heteroatoms. The average molecular weight is 538 g/mol. The van der Waals surface area contributed by atoms with Crippen molar-refractivity contribution in [3.63, 3.8) is 0 Å². The van der Waals surface area contributed by atoms with E-state index in [0.29, 0.717) is 31.9 Å². The molecule has 2 amide bonds. The molecule has 0 spiro atoms. The van der Waals surface area contributed by atoms with Crippen LogP contribution in [0.15, 0.2) is 53.4 Å². The summed E-state index contributed by atoms with van der Waals surface area (Å²) in [5.41, 5.74) is 2.52. The van der Waals surface area contributed by atoms with E-state index in [1.165, 1.54) is 4.31 Å². The highest BCUT2D eigenvalue weighted by atomic mass is 32.2. The van der Waals surface area contributed by atoms with Crippen molar-refractivity contribution in [2.75, 3.05) is 67.1 Å². The van der Waals surface area contributed by atoms with E-state index in [9.17, 15) is 18.0 Å². The predicted molar refractivity (Wildman–Crippen MR) is 147 cm³/mol.